The molecule has 1 aliphatic rings. The van der Waals surface area contributed by atoms with Crippen molar-refractivity contribution in [1.29, 1.82) is 0 Å². The maximum atomic E-state index is 5.47. The van der Waals surface area contributed by atoms with E-state index in [0.717, 1.165) is 54.3 Å². The topological polar surface area (TPSA) is 89.8 Å². The monoisotopic (exact) mass is 365 g/mol. The zero-order valence-corrected chi connectivity index (χ0v) is 15.5. The van der Waals surface area contributed by atoms with E-state index < -0.39 is 0 Å². The van der Waals surface area contributed by atoms with E-state index in [0.29, 0.717) is 11.9 Å². The van der Waals surface area contributed by atoms with Gasteiger partial charge in [0.15, 0.2) is 0 Å². The first-order valence-electron chi connectivity index (χ1n) is 9.08. The van der Waals surface area contributed by atoms with Gasteiger partial charge in [-0.25, -0.2) is 9.97 Å². The minimum atomic E-state index is 0.481. The lowest BCUT2D eigenvalue weighted by molar-refractivity contribution is 0.400. The van der Waals surface area contributed by atoms with Crippen LogP contribution in [-0.4, -0.2) is 51.2 Å². The molecule has 1 saturated heterocycles. The van der Waals surface area contributed by atoms with Crippen LogP contribution in [0.4, 0.5) is 5.82 Å². The van der Waals surface area contributed by atoms with E-state index in [2.05, 4.69) is 30.8 Å². The number of aromatic nitrogens is 5. The average molecular weight is 365 g/mol. The van der Waals surface area contributed by atoms with Crippen molar-refractivity contribution in [3.05, 3.63) is 36.7 Å². The number of anilines is 1. The first-order chi connectivity index (χ1) is 13.2. The molecule has 0 aliphatic carbocycles. The molecule has 4 rings (SSSR count). The molecule has 4 heterocycles. The van der Waals surface area contributed by atoms with Crippen LogP contribution in [0.5, 0.6) is 5.88 Å². The van der Waals surface area contributed by atoms with Gasteiger partial charge in [-0.05, 0) is 50.2 Å². The third kappa shape index (κ3) is 3.90. The van der Waals surface area contributed by atoms with Crippen LogP contribution in [0, 0.1) is 0 Å². The molecular formula is C19H23N7O. The average Bonchev–Trinajstić information content (AvgIpc) is 3.15. The van der Waals surface area contributed by atoms with Crippen LogP contribution in [0.1, 0.15) is 12.8 Å². The summed E-state index contributed by atoms with van der Waals surface area (Å²) in [6, 6.07) is 8.41. The van der Waals surface area contributed by atoms with Crippen LogP contribution in [-0.2, 0) is 7.05 Å². The van der Waals surface area contributed by atoms with Crippen LogP contribution < -0.4 is 15.4 Å². The van der Waals surface area contributed by atoms with Crippen molar-refractivity contribution in [2.45, 2.75) is 18.9 Å². The van der Waals surface area contributed by atoms with Crippen LogP contribution in [0.2, 0.25) is 0 Å². The smallest absolute Gasteiger partial charge is 0.223 e. The van der Waals surface area contributed by atoms with Crippen LogP contribution in [0.25, 0.3) is 22.5 Å². The molecule has 27 heavy (non-hydrogen) atoms. The highest BCUT2D eigenvalue weighted by atomic mass is 16.5. The van der Waals surface area contributed by atoms with Crippen molar-refractivity contribution in [2.75, 3.05) is 25.5 Å². The number of hydrogen-bond acceptors (Lipinski definition) is 7. The van der Waals surface area contributed by atoms with Crippen molar-refractivity contribution in [1.82, 2.24) is 30.3 Å². The molecule has 1 fully saturated rings. The summed E-state index contributed by atoms with van der Waals surface area (Å²) in [5.74, 6) is 1.42. The van der Waals surface area contributed by atoms with Crippen molar-refractivity contribution in [2.24, 2.45) is 7.05 Å². The van der Waals surface area contributed by atoms with Crippen LogP contribution in [0.3, 0.4) is 0 Å². The molecule has 0 amide bonds. The predicted octanol–water partition coefficient (Wildman–Crippen LogP) is 2.11. The second-order valence-corrected chi connectivity index (χ2v) is 6.57. The van der Waals surface area contributed by atoms with Gasteiger partial charge in [0.1, 0.15) is 11.5 Å². The standard InChI is InChI=1S/C19H23N7O/c1-26-22-12-17(25-26)15-4-5-16(24-19(15)27-2)13-3-6-18(21-11-13)23-14-7-9-20-10-8-14/h3-6,11-12,14,20H,7-10H2,1-2H3,(H,21,23). The van der Waals surface area contributed by atoms with E-state index in [1.54, 1.807) is 20.4 Å². The van der Waals surface area contributed by atoms with Crippen LogP contribution >= 0.6 is 0 Å². The lowest BCUT2D eigenvalue weighted by Crippen LogP contribution is -2.35. The molecular weight excluding hydrogens is 342 g/mol. The summed E-state index contributed by atoms with van der Waals surface area (Å²) >= 11 is 0. The highest BCUT2D eigenvalue weighted by molar-refractivity contribution is 5.69. The fourth-order valence-corrected chi connectivity index (χ4v) is 3.23. The van der Waals surface area contributed by atoms with Gasteiger partial charge in [0.05, 0.1) is 24.6 Å². The Morgan fingerprint density at radius 1 is 1.11 bits per heavy atom. The van der Waals surface area contributed by atoms with Gasteiger partial charge in [-0.1, -0.05) is 0 Å². The number of methoxy groups -OCH3 is 1. The molecule has 0 spiro atoms. The Morgan fingerprint density at radius 3 is 2.63 bits per heavy atom. The summed E-state index contributed by atoms with van der Waals surface area (Å²) < 4.78 is 5.47. The minimum Gasteiger partial charge on any atom is -0.480 e. The number of rotatable bonds is 5. The third-order valence-electron chi connectivity index (χ3n) is 4.68. The number of aryl methyl sites for hydroxylation is 1. The molecule has 3 aromatic heterocycles. The summed E-state index contributed by atoms with van der Waals surface area (Å²) in [5.41, 5.74) is 3.29. The molecule has 0 saturated carbocycles. The van der Waals surface area contributed by atoms with Gasteiger partial charge >= 0.3 is 0 Å². The molecule has 8 heteroatoms. The highest BCUT2D eigenvalue weighted by Crippen LogP contribution is 2.29. The molecule has 0 bridgehead atoms. The van der Waals surface area contributed by atoms with E-state index in [1.807, 2.05) is 30.5 Å². The van der Waals surface area contributed by atoms with Crippen molar-refractivity contribution in [3.8, 4) is 28.4 Å². The number of nitrogens with zero attached hydrogens (tertiary/aromatic N) is 5. The Kier molecular flexibility index (Phi) is 4.97. The van der Waals surface area contributed by atoms with Gasteiger partial charge in [0.25, 0.3) is 0 Å². The summed E-state index contributed by atoms with van der Waals surface area (Å²) in [6.07, 6.45) is 5.77. The van der Waals surface area contributed by atoms with Crippen LogP contribution in [0.15, 0.2) is 36.7 Å². The fraction of sp³-hybridized carbons (Fsp3) is 0.368. The quantitative estimate of drug-likeness (QED) is 0.716. The Bertz CT molecular complexity index is 901. The Balaban J connectivity index is 1.54. The number of pyridine rings is 2. The SMILES string of the molecule is COc1nc(-c2ccc(NC3CCNCC3)nc2)ccc1-c1cnn(C)n1. The van der Waals surface area contributed by atoms with E-state index in [-0.39, 0.29) is 0 Å². The van der Waals surface area contributed by atoms with E-state index >= 15 is 0 Å². The maximum Gasteiger partial charge on any atom is 0.223 e. The Hall–Kier alpha value is -3.00. The predicted molar refractivity (Wildman–Crippen MR) is 104 cm³/mol. The van der Waals surface area contributed by atoms with Gasteiger partial charge in [-0.3, -0.25) is 0 Å². The van der Waals surface area contributed by atoms with Crippen molar-refractivity contribution < 1.29 is 4.74 Å². The summed E-state index contributed by atoms with van der Waals surface area (Å²) in [7, 11) is 3.39. The van der Waals surface area contributed by atoms with E-state index in [9.17, 15) is 0 Å². The van der Waals surface area contributed by atoms with E-state index in [4.69, 9.17) is 4.74 Å². The number of nitrogens with one attached hydrogen (secondary N) is 2. The fourth-order valence-electron chi connectivity index (χ4n) is 3.23. The van der Waals surface area contributed by atoms with Crippen molar-refractivity contribution >= 4 is 5.82 Å². The first-order valence-corrected chi connectivity index (χ1v) is 9.08. The molecule has 0 atom stereocenters. The Morgan fingerprint density at radius 2 is 1.96 bits per heavy atom. The highest BCUT2D eigenvalue weighted by Gasteiger charge is 2.14. The normalized spacial score (nSPS) is 14.9. The number of ether oxygens (including phenoxy) is 1. The zero-order chi connectivity index (χ0) is 18.6. The minimum absolute atomic E-state index is 0.481. The van der Waals surface area contributed by atoms with Gasteiger partial charge in [0, 0.05) is 24.8 Å². The number of piperidine rings is 1. The maximum absolute atomic E-state index is 5.47. The molecule has 140 valence electrons. The summed E-state index contributed by atoms with van der Waals surface area (Å²) in [6.45, 7) is 2.11. The van der Waals surface area contributed by atoms with Gasteiger partial charge in [-0.15, -0.1) is 0 Å². The van der Waals surface area contributed by atoms with E-state index in [1.165, 1.54) is 4.80 Å². The molecule has 0 radical (unpaired) electrons. The lowest BCUT2D eigenvalue weighted by Gasteiger charge is -2.24. The van der Waals surface area contributed by atoms with Gasteiger partial charge in [-0.2, -0.15) is 15.0 Å². The second kappa shape index (κ2) is 7.71. The molecule has 3 aromatic rings. The second-order valence-electron chi connectivity index (χ2n) is 6.57. The summed E-state index contributed by atoms with van der Waals surface area (Å²) in [5, 5.41) is 15.3. The molecule has 8 nitrogen and oxygen atoms in total. The molecule has 2 N–H and O–H groups in total. The van der Waals surface area contributed by atoms with Gasteiger partial charge < -0.3 is 15.4 Å². The first kappa shape index (κ1) is 17.4. The Labute approximate surface area is 158 Å². The van der Waals surface area contributed by atoms with Crippen molar-refractivity contribution in [3.63, 3.8) is 0 Å². The molecule has 0 unspecified atom stereocenters. The number of hydrogen-bond donors (Lipinski definition) is 2. The molecule has 0 aromatic carbocycles. The largest absolute Gasteiger partial charge is 0.480 e. The lowest BCUT2D eigenvalue weighted by atomic mass is 10.1. The molecule has 1 aliphatic heterocycles. The van der Waals surface area contributed by atoms with Gasteiger partial charge in [0.2, 0.25) is 5.88 Å². The summed E-state index contributed by atoms with van der Waals surface area (Å²) in [4.78, 5) is 10.7. The third-order valence-corrected chi connectivity index (χ3v) is 4.68. The zero-order valence-electron chi connectivity index (χ0n) is 15.5.